The number of hydrogen-bond acceptors (Lipinski definition) is 4. The van der Waals surface area contributed by atoms with Crippen molar-refractivity contribution in [1.29, 1.82) is 0 Å². The number of benzene rings is 1. The van der Waals surface area contributed by atoms with Crippen LogP contribution in [0.25, 0.3) is 0 Å². The first-order valence-electron chi connectivity index (χ1n) is 5.19. The molecule has 0 unspecified atom stereocenters. The number of aromatic nitrogens is 2. The minimum atomic E-state index is -0.935. The summed E-state index contributed by atoms with van der Waals surface area (Å²) in [6, 6.07) is 6.61. The summed E-state index contributed by atoms with van der Waals surface area (Å²) < 4.78 is 0. The Hall–Kier alpha value is -2.14. The van der Waals surface area contributed by atoms with Gasteiger partial charge in [-0.3, -0.25) is 4.98 Å². The van der Waals surface area contributed by atoms with E-state index in [0.717, 1.165) is 5.56 Å². The summed E-state index contributed by atoms with van der Waals surface area (Å²) in [6.07, 6.45) is 3.02. The van der Waals surface area contributed by atoms with Crippen molar-refractivity contribution < 1.29 is 9.90 Å². The Bertz CT molecular complexity index is 558. The van der Waals surface area contributed by atoms with Crippen LogP contribution < -0.4 is 5.32 Å². The molecule has 1 aromatic heterocycles. The molecule has 92 valence electrons. The summed E-state index contributed by atoms with van der Waals surface area (Å²) in [7, 11) is 0. The highest BCUT2D eigenvalue weighted by atomic mass is 35.5. The van der Waals surface area contributed by atoms with Crippen molar-refractivity contribution >= 4 is 23.4 Å². The summed E-state index contributed by atoms with van der Waals surface area (Å²) in [6.45, 7) is 0.523. The Morgan fingerprint density at radius 2 is 2.00 bits per heavy atom. The number of nitrogens with zero attached hydrogens (tertiary/aromatic N) is 2. The molecule has 0 amide bonds. The predicted molar refractivity (Wildman–Crippen MR) is 67.8 cm³/mol. The minimum Gasteiger partial charge on any atom is -0.478 e. The van der Waals surface area contributed by atoms with Crippen molar-refractivity contribution in [2.75, 3.05) is 5.32 Å². The highest BCUT2D eigenvalue weighted by molar-refractivity contribution is 6.29. The lowest BCUT2D eigenvalue weighted by molar-refractivity contribution is 0.0697. The Balaban J connectivity index is 2.00. The van der Waals surface area contributed by atoms with Crippen LogP contribution in [-0.2, 0) is 6.54 Å². The van der Waals surface area contributed by atoms with Gasteiger partial charge in [-0.15, -0.1) is 0 Å². The van der Waals surface area contributed by atoms with Gasteiger partial charge in [0, 0.05) is 6.54 Å². The summed E-state index contributed by atoms with van der Waals surface area (Å²) in [5, 5.41) is 12.1. The standard InChI is InChI=1S/C12H10ClN3O2/c13-10-6-14-7-11(16-10)15-5-8-1-3-9(4-2-8)12(17)18/h1-4,6-7H,5H2,(H,15,16)(H,17,18). The molecule has 0 fully saturated rings. The maximum atomic E-state index is 10.7. The van der Waals surface area contributed by atoms with Crippen LogP contribution in [0.4, 0.5) is 5.82 Å². The number of anilines is 1. The molecule has 2 aromatic rings. The van der Waals surface area contributed by atoms with E-state index >= 15 is 0 Å². The minimum absolute atomic E-state index is 0.265. The Labute approximate surface area is 108 Å². The molecule has 5 nitrogen and oxygen atoms in total. The summed E-state index contributed by atoms with van der Waals surface area (Å²) in [4.78, 5) is 18.6. The van der Waals surface area contributed by atoms with E-state index in [9.17, 15) is 4.79 Å². The van der Waals surface area contributed by atoms with E-state index in [-0.39, 0.29) is 5.56 Å². The van der Waals surface area contributed by atoms with Crippen LogP contribution in [-0.4, -0.2) is 21.0 Å². The van der Waals surface area contributed by atoms with E-state index in [1.165, 1.54) is 6.20 Å². The summed E-state index contributed by atoms with van der Waals surface area (Å²) in [5.74, 6) is -0.361. The molecule has 1 aromatic carbocycles. The predicted octanol–water partition coefficient (Wildman–Crippen LogP) is 2.44. The highest BCUT2D eigenvalue weighted by Crippen LogP contribution is 2.09. The first-order valence-corrected chi connectivity index (χ1v) is 5.56. The number of halogens is 1. The fourth-order valence-corrected chi connectivity index (χ4v) is 1.53. The molecule has 0 aliphatic heterocycles. The number of aromatic carboxylic acids is 1. The molecular weight excluding hydrogens is 254 g/mol. The molecule has 0 bridgehead atoms. The molecule has 18 heavy (non-hydrogen) atoms. The molecule has 0 saturated heterocycles. The highest BCUT2D eigenvalue weighted by Gasteiger charge is 2.02. The van der Waals surface area contributed by atoms with Crippen LogP contribution in [0.5, 0.6) is 0 Å². The molecule has 0 atom stereocenters. The molecule has 2 N–H and O–H groups in total. The van der Waals surface area contributed by atoms with E-state index in [1.54, 1.807) is 30.5 Å². The van der Waals surface area contributed by atoms with E-state index in [1.807, 2.05) is 0 Å². The van der Waals surface area contributed by atoms with Gasteiger partial charge in [0.05, 0.1) is 18.0 Å². The van der Waals surface area contributed by atoms with Crippen molar-refractivity contribution in [2.45, 2.75) is 6.54 Å². The number of carboxylic acid groups (broad SMARTS) is 1. The third kappa shape index (κ3) is 3.18. The van der Waals surface area contributed by atoms with Crippen LogP contribution in [0.15, 0.2) is 36.7 Å². The van der Waals surface area contributed by atoms with Crippen molar-refractivity contribution in [3.8, 4) is 0 Å². The van der Waals surface area contributed by atoms with Gasteiger partial charge < -0.3 is 10.4 Å². The van der Waals surface area contributed by atoms with Crippen molar-refractivity contribution in [2.24, 2.45) is 0 Å². The molecule has 2 rings (SSSR count). The number of hydrogen-bond donors (Lipinski definition) is 2. The van der Waals surface area contributed by atoms with E-state index in [4.69, 9.17) is 16.7 Å². The zero-order chi connectivity index (χ0) is 13.0. The van der Waals surface area contributed by atoms with Crippen LogP contribution in [0, 0.1) is 0 Å². The first-order chi connectivity index (χ1) is 8.65. The Morgan fingerprint density at radius 1 is 1.28 bits per heavy atom. The second-order valence-electron chi connectivity index (χ2n) is 3.58. The van der Waals surface area contributed by atoms with Gasteiger partial charge in [-0.25, -0.2) is 9.78 Å². The van der Waals surface area contributed by atoms with Gasteiger partial charge >= 0.3 is 5.97 Å². The van der Waals surface area contributed by atoms with Crippen molar-refractivity contribution in [3.05, 3.63) is 52.9 Å². The zero-order valence-electron chi connectivity index (χ0n) is 9.30. The van der Waals surface area contributed by atoms with Crippen LogP contribution >= 0.6 is 11.6 Å². The SMILES string of the molecule is O=C(O)c1ccc(CNc2cncc(Cl)n2)cc1. The third-order valence-corrected chi connectivity index (χ3v) is 2.46. The van der Waals surface area contributed by atoms with E-state index in [0.29, 0.717) is 17.5 Å². The molecule has 0 radical (unpaired) electrons. The van der Waals surface area contributed by atoms with Gasteiger partial charge in [0.1, 0.15) is 11.0 Å². The lowest BCUT2D eigenvalue weighted by Crippen LogP contribution is -2.03. The first kappa shape index (κ1) is 12.3. The monoisotopic (exact) mass is 263 g/mol. The van der Waals surface area contributed by atoms with Crippen molar-refractivity contribution in [3.63, 3.8) is 0 Å². The maximum absolute atomic E-state index is 10.7. The Kier molecular flexibility index (Phi) is 3.74. The topological polar surface area (TPSA) is 75.1 Å². The molecule has 6 heteroatoms. The molecule has 0 spiro atoms. The molecule has 1 heterocycles. The van der Waals surface area contributed by atoms with E-state index in [2.05, 4.69) is 15.3 Å². The number of carbonyl (C=O) groups is 1. The largest absolute Gasteiger partial charge is 0.478 e. The van der Waals surface area contributed by atoms with Gasteiger partial charge in [-0.05, 0) is 17.7 Å². The van der Waals surface area contributed by atoms with E-state index < -0.39 is 5.97 Å². The van der Waals surface area contributed by atoms with Gasteiger partial charge in [0.2, 0.25) is 0 Å². The summed E-state index contributed by atoms with van der Waals surface area (Å²) >= 11 is 5.70. The lowest BCUT2D eigenvalue weighted by atomic mass is 10.1. The van der Waals surface area contributed by atoms with Gasteiger partial charge in [0.25, 0.3) is 0 Å². The average Bonchev–Trinajstić information content (AvgIpc) is 2.37. The van der Waals surface area contributed by atoms with Gasteiger partial charge in [-0.1, -0.05) is 23.7 Å². The van der Waals surface area contributed by atoms with Gasteiger partial charge in [-0.2, -0.15) is 0 Å². The third-order valence-electron chi connectivity index (χ3n) is 2.28. The molecular formula is C12H10ClN3O2. The molecule has 0 aliphatic carbocycles. The lowest BCUT2D eigenvalue weighted by Gasteiger charge is -2.05. The quantitative estimate of drug-likeness (QED) is 0.886. The molecule has 0 aliphatic rings. The average molecular weight is 264 g/mol. The smallest absolute Gasteiger partial charge is 0.335 e. The number of rotatable bonds is 4. The fraction of sp³-hybridized carbons (Fsp3) is 0.0833. The second-order valence-corrected chi connectivity index (χ2v) is 3.97. The fourth-order valence-electron chi connectivity index (χ4n) is 1.39. The zero-order valence-corrected chi connectivity index (χ0v) is 10.1. The second kappa shape index (κ2) is 5.46. The van der Waals surface area contributed by atoms with Crippen LogP contribution in [0.1, 0.15) is 15.9 Å². The van der Waals surface area contributed by atoms with Crippen molar-refractivity contribution in [1.82, 2.24) is 9.97 Å². The number of nitrogens with one attached hydrogen (secondary N) is 1. The Morgan fingerprint density at radius 3 is 2.61 bits per heavy atom. The molecule has 0 saturated carbocycles. The van der Waals surface area contributed by atoms with Crippen LogP contribution in [0.2, 0.25) is 5.15 Å². The normalized spacial score (nSPS) is 10.1. The van der Waals surface area contributed by atoms with Crippen LogP contribution in [0.3, 0.4) is 0 Å². The maximum Gasteiger partial charge on any atom is 0.335 e. The van der Waals surface area contributed by atoms with Gasteiger partial charge in [0.15, 0.2) is 0 Å². The summed E-state index contributed by atoms with van der Waals surface area (Å²) in [5.41, 5.74) is 1.21. The number of carboxylic acids is 1.